The molecule has 2 rings (SSSR count). The van der Waals surface area contributed by atoms with Gasteiger partial charge in [0.15, 0.2) is 0 Å². The number of nitrogens with two attached hydrogens (primary N) is 1. The molecule has 1 aromatic rings. The molecule has 1 aliphatic carbocycles. The van der Waals surface area contributed by atoms with Gasteiger partial charge in [0.2, 0.25) is 0 Å². The summed E-state index contributed by atoms with van der Waals surface area (Å²) in [7, 11) is 1.96. The van der Waals surface area contributed by atoms with Crippen LogP contribution in [0.25, 0.3) is 0 Å². The average molecular weight is 208 g/mol. The lowest BCUT2D eigenvalue weighted by atomic mass is 10.2. The highest BCUT2D eigenvalue weighted by molar-refractivity contribution is 5.15. The highest BCUT2D eigenvalue weighted by atomic mass is 15.2. The Morgan fingerprint density at radius 1 is 1.60 bits per heavy atom. The van der Waals surface area contributed by atoms with E-state index in [2.05, 4.69) is 23.5 Å². The van der Waals surface area contributed by atoms with Crippen LogP contribution >= 0.6 is 0 Å². The van der Waals surface area contributed by atoms with Crippen molar-refractivity contribution in [2.24, 2.45) is 12.8 Å². The lowest BCUT2D eigenvalue weighted by Gasteiger charge is -2.11. The molecule has 2 atom stereocenters. The minimum Gasteiger partial charge on any atom is -0.328 e. The molecular weight excluding hydrogens is 188 g/mol. The molecule has 0 radical (unpaired) electrons. The highest BCUT2D eigenvalue weighted by Crippen LogP contribution is 2.17. The number of nitrogens with one attached hydrogen (secondary N) is 1. The van der Waals surface area contributed by atoms with E-state index in [4.69, 9.17) is 5.73 Å². The summed E-state index contributed by atoms with van der Waals surface area (Å²) in [4.78, 5) is 0. The zero-order chi connectivity index (χ0) is 10.8. The molecule has 15 heavy (non-hydrogen) atoms. The van der Waals surface area contributed by atoms with Gasteiger partial charge in [-0.15, -0.1) is 0 Å². The van der Waals surface area contributed by atoms with Gasteiger partial charge in [0.05, 0.1) is 5.69 Å². The van der Waals surface area contributed by atoms with Gasteiger partial charge in [-0.25, -0.2) is 0 Å². The maximum Gasteiger partial charge on any atom is 0.0638 e. The Morgan fingerprint density at radius 3 is 2.93 bits per heavy atom. The van der Waals surface area contributed by atoms with Crippen molar-refractivity contribution in [3.05, 3.63) is 17.5 Å². The van der Waals surface area contributed by atoms with E-state index in [0.717, 1.165) is 25.1 Å². The molecule has 1 aliphatic rings. The van der Waals surface area contributed by atoms with E-state index in [0.29, 0.717) is 12.1 Å². The maximum absolute atomic E-state index is 5.87. The lowest BCUT2D eigenvalue weighted by Crippen LogP contribution is -2.28. The summed E-state index contributed by atoms with van der Waals surface area (Å²) in [5, 5.41) is 7.87. The van der Waals surface area contributed by atoms with Crippen molar-refractivity contribution in [1.29, 1.82) is 0 Å². The fraction of sp³-hybridized carbons (Fsp3) is 0.727. The van der Waals surface area contributed by atoms with E-state index in [1.807, 2.05) is 11.7 Å². The minimum absolute atomic E-state index is 0.400. The van der Waals surface area contributed by atoms with E-state index in [9.17, 15) is 0 Å². The Hall–Kier alpha value is -0.870. The van der Waals surface area contributed by atoms with Gasteiger partial charge >= 0.3 is 0 Å². The zero-order valence-electron chi connectivity index (χ0n) is 9.53. The first-order chi connectivity index (χ1) is 7.15. The van der Waals surface area contributed by atoms with Crippen LogP contribution in [-0.2, 0) is 13.6 Å². The maximum atomic E-state index is 5.87. The average Bonchev–Trinajstić information content (AvgIpc) is 2.70. The molecule has 0 amide bonds. The van der Waals surface area contributed by atoms with Crippen LogP contribution in [0.3, 0.4) is 0 Å². The van der Waals surface area contributed by atoms with Gasteiger partial charge in [-0.05, 0) is 26.2 Å². The van der Waals surface area contributed by atoms with Crippen LogP contribution in [0.4, 0.5) is 0 Å². The molecule has 0 spiro atoms. The van der Waals surface area contributed by atoms with Gasteiger partial charge in [0, 0.05) is 37.4 Å². The predicted molar refractivity (Wildman–Crippen MR) is 60.4 cm³/mol. The Morgan fingerprint density at radius 2 is 2.40 bits per heavy atom. The number of rotatable bonds is 3. The van der Waals surface area contributed by atoms with Crippen molar-refractivity contribution >= 4 is 0 Å². The quantitative estimate of drug-likeness (QED) is 0.768. The molecule has 2 unspecified atom stereocenters. The van der Waals surface area contributed by atoms with Crippen LogP contribution in [0.1, 0.15) is 30.5 Å². The minimum atomic E-state index is 0.400. The van der Waals surface area contributed by atoms with Gasteiger partial charge in [0.1, 0.15) is 0 Å². The molecule has 1 saturated carbocycles. The summed E-state index contributed by atoms with van der Waals surface area (Å²) in [6.07, 6.45) is 5.56. The summed E-state index contributed by atoms with van der Waals surface area (Å²) >= 11 is 0. The van der Waals surface area contributed by atoms with Gasteiger partial charge in [0.25, 0.3) is 0 Å². The Balaban J connectivity index is 1.85. The monoisotopic (exact) mass is 208 g/mol. The van der Waals surface area contributed by atoms with Crippen molar-refractivity contribution < 1.29 is 0 Å². The van der Waals surface area contributed by atoms with E-state index < -0.39 is 0 Å². The fourth-order valence-corrected chi connectivity index (χ4v) is 2.28. The summed E-state index contributed by atoms with van der Waals surface area (Å²) < 4.78 is 1.87. The van der Waals surface area contributed by atoms with Crippen molar-refractivity contribution in [3.63, 3.8) is 0 Å². The molecule has 1 fully saturated rings. The second-order valence-electron chi connectivity index (χ2n) is 4.56. The fourth-order valence-electron chi connectivity index (χ4n) is 2.28. The van der Waals surface area contributed by atoms with Gasteiger partial charge in [-0.2, -0.15) is 5.10 Å². The van der Waals surface area contributed by atoms with Crippen LogP contribution in [0, 0.1) is 6.92 Å². The van der Waals surface area contributed by atoms with Gasteiger partial charge in [-0.1, -0.05) is 0 Å². The molecule has 3 N–H and O–H groups in total. The summed E-state index contributed by atoms with van der Waals surface area (Å²) in [5.74, 6) is 0. The number of hydrogen-bond acceptors (Lipinski definition) is 3. The van der Waals surface area contributed by atoms with Crippen LogP contribution in [-0.4, -0.2) is 21.9 Å². The lowest BCUT2D eigenvalue weighted by molar-refractivity contribution is 0.516. The third kappa shape index (κ3) is 2.58. The molecule has 0 aromatic carbocycles. The SMILES string of the molecule is Cc1nn(C)cc1CNC1CCC(N)C1. The summed E-state index contributed by atoms with van der Waals surface area (Å²) in [6.45, 7) is 2.97. The largest absolute Gasteiger partial charge is 0.328 e. The van der Waals surface area contributed by atoms with Gasteiger partial charge < -0.3 is 11.1 Å². The highest BCUT2D eigenvalue weighted by Gasteiger charge is 2.21. The molecule has 4 heteroatoms. The first-order valence-corrected chi connectivity index (χ1v) is 5.63. The second kappa shape index (κ2) is 4.33. The van der Waals surface area contributed by atoms with E-state index in [1.165, 1.54) is 12.0 Å². The van der Waals surface area contributed by atoms with Crippen molar-refractivity contribution in [2.45, 2.75) is 44.8 Å². The van der Waals surface area contributed by atoms with Crippen LogP contribution in [0.5, 0.6) is 0 Å². The molecule has 0 saturated heterocycles. The topological polar surface area (TPSA) is 55.9 Å². The van der Waals surface area contributed by atoms with Crippen LogP contribution < -0.4 is 11.1 Å². The molecule has 0 aliphatic heterocycles. The molecule has 84 valence electrons. The number of aromatic nitrogens is 2. The Kier molecular flexibility index (Phi) is 3.07. The second-order valence-corrected chi connectivity index (χ2v) is 4.56. The summed E-state index contributed by atoms with van der Waals surface area (Å²) in [6, 6.07) is 0.997. The van der Waals surface area contributed by atoms with E-state index >= 15 is 0 Å². The first kappa shape index (κ1) is 10.6. The van der Waals surface area contributed by atoms with E-state index in [1.54, 1.807) is 0 Å². The van der Waals surface area contributed by atoms with Crippen LogP contribution in [0.15, 0.2) is 6.20 Å². The predicted octanol–water partition coefficient (Wildman–Crippen LogP) is 0.698. The molecule has 4 nitrogen and oxygen atoms in total. The zero-order valence-corrected chi connectivity index (χ0v) is 9.53. The molecule has 1 aromatic heterocycles. The third-order valence-corrected chi connectivity index (χ3v) is 3.17. The number of hydrogen-bond donors (Lipinski definition) is 2. The normalized spacial score (nSPS) is 26.1. The Bertz CT molecular complexity index is 331. The standard InChI is InChI=1S/C11H20N4/c1-8-9(7-15(2)14-8)6-13-11-4-3-10(12)5-11/h7,10-11,13H,3-6,12H2,1-2H3. The summed E-state index contributed by atoms with van der Waals surface area (Å²) in [5.41, 5.74) is 8.28. The van der Waals surface area contributed by atoms with Crippen molar-refractivity contribution in [2.75, 3.05) is 0 Å². The first-order valence-electron chi connectivity index (χ1n) is 5.63. The van der Waals surface area contributed by atoms with Crippen molar-refractivity contribution in [3.8, 4) is 0 Å². The third-order valence-electron chi connectivity index (χ3n) is 3.17. The molecule has 1 heterocycles. The Labute approximate surface area is 90.8 Å². The van der Waals surface area contributed by atoms with Crippen molar-refractivity contribution in [1.82, 2.24) is 15.1 Å². The number of aryl methyl sites for hydroxylation is 2. The smallest absolute Gasteiger partial charge is 0.0638 e. The van der Waals surface area contributed by atoms with Gasteiger partial charge in [-0.3, -0.25) is 4.68 Å². The van der Waals surface area contributed by atoms with Crippen LogP contribution in [0.2, 0.25) is 0 Å². The number of nitrogens with zero attached hydrogens (tertiary/aromatic N) is 2. The van der Waals surface area contributed by atoms with E-state index in [-0.39, 0.29) is 0 Å². The molecular formula is C11H20N4. The molecule has 0 bridgehead atoms.